The van der Waals surface area contributed by atoms with E-state index in [-0.39, 0.29) is 0 Å². The van der Waals surface area contributed by atoms with Crippen molar-refractivity contribution in [2.75, 3.05) is 14.1 Å². The summed E-state index contributed by atoms with van der Waals surface area (Å²) in [6.07, 6.45) is 1.93. The highest BCUT2D eigenvalue weighted by Crippen LogP contribution is 2.12. The van der Waals surface area contributed by atoms with E-state index < -0.39 is 0 Å². The zero-order valence-corrected chi connectivity index (χ0v) is 12.7. The van der Waals surface area contributed by atoms with E-state index in [0.29, 0.717) is 0 Å². The summed E-state index contributed by atoms with van der Waals surface area (Å²) in [6, 6.07) is 12.2. The van der Waals surface area contributed by atoms with Crippen LogP contribution in [0.1, 0.15) is 16.8 Å². The zero-order chi connectivity index (χ0) is 14.4. The standard InChI is InChI=1S/C16H20ClN3/c1-18-9-14-5-8-16(19-10-14)12-20(2)11-13-3-6-15(17)7-4-13/h3-8,10,18H,9,11-12H2,1-2H3. The average molecular weight is 290 g/mol. The lowest BCUT2D eigenvalue weighted by Gasteiger charge is -2.16. The molecule has 1 aromatic heterocycles. The number of hydrogen-bond donors (Lipinski definition) is 1. The number of hydrogen-bond acceptors (Lipinski definition) is 3. The molecule has 4 heteroatoms. The van der Waals surface area contributed by atoms with Gasteiger partial charge in [-0.2, -0.15) is 0 Å². The highest BCUT2D eigenvalue weighted by atomic mass is 35.5. The van der Waals surface area contributed by atoms with E-state index in [1.807, 2.05) is 25.4 Å². The number of benzene rings is 1. The highest BCUT2D eigenvalue weighted by Gasteiger charge is 2.03. The third-order valence-corrected chi connectivity index (χ3v) is 3.32. The largest absolute Gasteiger partial charge is 0.316 e. The average Bonchev–Trinajstić information content (AvgIpc) is 2.44. The van der Waals surface area contributed by atoms with Crippen molar-refractivity contribution < 1.29 is 0 Å². The van der Waals surface area contributed by atoms with Crippen LogP contribution in [0.25, 0.3) is 0 Å². The van der Waals surface area contributed by atoms with Crippen LogP contribution in [0.15, 0.2) is 42.6 Å². The van der Waals surface area contributed by atoms with Crippen molar-refractivity contribution in [3.8, 4) is 0 Å². The summed E-state index contributed by atoms with van der Waals surface area (Å²) in [4.78, 5) is 6.73. The molecule has 20 heavy (non-hydrogen) atoms. The van der Waals surface area contributed by atoms with E-state index >= 15 is 0 Å². The molecule has 0 amide bonds. The molecule has 1 aromatic carbocycles. The predicted octanol–water partition coefficient (Wildman–Crippen LogP) is 3.09. The van der Waals surface area contributed by atoms with Crippen LogP contribution in [-0.2, 0) is 19.6 Å². The number of rotatable bonds is 6. The minimum Gasteiger partial charge on any atom is -0.316 e. The van der Waals surface area contributed by atoms with Crippen molar-refractivity contribution in [3.05, 3.63) is 64.4 Å². The lowest BCUT2D eigenvalue weighted by Crippen LogP contribution is -2.18. The quantitative estimate of drug-likeness (QED) is 0.886. The molecule has 0 fully saturated rings. The molecule has 0 radical (unpaired) electrons. The van der Waals surface area contributed by atoms with E-state index in [4.69, 9.17) is 11.6 Å². The third kappa shape index (κ3) is 4.60. The topological polar surface area (TPSA) is 28.2 Å². The summed E-state index contributed by atoms with van der Waals surface area (Å²) in [5, 5.41) is 3.90. The van der Waals surface area contributed by atoms with Gasteiger partial charge in [0.2, 0.25) is 0 Å². The molecule has 2 aromatic rings. The molecule has 1 N–H and O–H groups in total. The van der Waals surface area contributed by atoms with E-state index in [9.17, 15) is 0 Å². The van der Waals surface area contributed by atoms with Gasteiger partial charge in [-0.05, 0) is 43.4 Å². The van der Waals surface area contributed by atoms with E-state index in [1.54, 1.807) is 0 Å². The Morgan fingerprint density at radius 3 is 2.35 bits per heavy atom. The molecule has 0 aliphatic heterocycles. The normalized spacial score (nSPS) is 11.0. The monoisotopic (exact) mass is 289 g/mol. The van der Waals surface area contributed by atoms with Crippen LogP contribution in [0.4, 0.5) is 0 Å². The van der Waals surface area contributed by atoms with Crippen LogP contribution in [-0.4, -0.2) is 24.0 Å². The van der Waals surface area contributed by atoms with Gasteiger partial charge in [0.15, 0.2) is 0 Å². The van der Waals surface area contributed by atoms with Crippen molar-refractivity contribution in [3.63, 3.8) is 0 Å². The minimum atomic E-state index is 0.776. The van der Waals surface area contributed by atoms with Crippen LogP contribution in [0.3, 0.4) is 0 Å². The first kappa shape index (κ1) is 15.0. The zero-order valence-electron chi connectivity index (χ0n) is 11.9. The molecule has 0 unspecified atom stereocenters. The second kappa shape index (κ2) is 7.39. The van der Waals surface area contributed by atoms with Crippen LogP contribution in [0.2, 0.25) is 5.02 Å². The fourth-order valence-electron chi connectivity index (χ4n) is 2.09. The van der Waals surface area contributed by atoms with Gasteiger partial charge in [-0.25, -0.2) is 0 Å². The Kier molecular flexibility index (Phi) is 5.53. The van der Waals surface area contributed by atoms with Crippen LogP contribution in [0.5, 0.6) is 0 Å². The number of nitrogens with zero attached hydrogens (tertiary/aromatic N) is 2. The van der Waals surface area contributed by atoms with Crippen molar-refractivity contribution >= 4 is 11.6 Å². The highest BCUT2D eigenvalue weighted by molar-refractivity contribution is 6.30. The lowest BCUT2D eigenvalue weighted by atomic mass is 10.2. The molecule has 0 spiro atoms. The maximum Gasteiger partial charge on any atom is 0.0544 e. The molecule has 3 nitrogen and oxygen atoms in total. The van der Waals surface area contributed by atoms with Gasteiger partial charge >= 0.3 is 0 Å². The molecule has 0 aliphatic carbocycles. The Labute approximate surface area is 125 Å². The predicted molar refractivity (Wildman–Crippen MR) is 83.6 cm³/mol. The van der Waals surface area contributed by atoms with Crippen LogP contribution in [0, 0.1) is 0 Å². The molecular weight excluding hydrogens is 270 g/mol. The van der Waals surface area contributed by atoms with Crippen LogP contribution < -0.4 is 5.32 Å². The van der Waals surface area contributed by atoms with Gasteiger partial charge in [0, 0.05) is 30.9 Å². The van der Waals surface area contributed by atoms with Crippen molar-refractivity contribution in [2.45, 2.75) is 19.6 Å². The molecule has 106 valence electrons. The van der Waals surface area contributed by atoms with Gasteiger partial charge in [-0.3, -0.25) is 9.88 Å². The minimum absolute atomic E-state index is 0.776. The van der Waals surface area contributed by atoms with E-state index in [1.165, 1.54) is 11.1 Å². The molecule has 1 heterocycles. The summed E-state index contributed by atoms with van der Waals surface area (Å²) in [5.74, 6) is 0. The Morgan fingerprint density at radius 2 is 1.75 bits per heavy atom. The lowest BCUT2D eigenvalue weighted by molar-refractivity contribution is 0.315. The first-order chi connectivity index (χ1) is 9.67. The molecule has 0 aliphatic rings. The van der Waals surface area contributed by atoms with Gasteiger partial charge in [0.1, 0.15) is 0 Å². The molecule has 0 saturated carbocycles. The number of halogens is 1. The maximum absolute atomic E-state index is 5.89. The van der Waals surface area contributed by atoms with Crippen molar-refractivity contribution in [1.29, 1.82) is 0 Å². The Hall–Kier alpha value is -1.42. The van der Waals surface area contributed by atoms with Gasteiger partial charge in [-0.15, -0.1) is 0 Å². The number of nitrogens with one attached hydrogen (secondary N) is 1. The second-order valence-corrected chi connectivity index (χ2v) is 5.42. The summed E-state index contributed by atoms with van der Waals surface area (Å²) in [7, 11) is 4.03. The fourth-order valence-corrected chi connectivity index (χ4v) is 2.22. The number of pyridine rings is 1. The van der Waals surface area contributed by atoms with Crippen molar-refractivity contribution in [2.24, 2.45) is 0 Å². The fraction of sp³-hybridized carbons (Fsp3) is 0.312. The molecule has 2 rings (SSSR count). The number of aromatic nitrogens is 1. The first-order valence-corrected chi connectivity index (χ1v) is 7.06. The Morgan fingerprint density at radius 1 is 1.05 bits per heavy atom. The van der Waals surface area contributed by atoms with E-state index in [2.05, 4.69) is 46.5 Å². The third-order valence-electron chi connectivity index (χ3n) is 3.06. The summed E-state index contributed by atoms with van der Waals surface area (Å²) < 4.78 is 0. The van der Waals surface area contributed by atoms with Gasteiger partial charge in [-0.1, -0.05) is 29.8 Å². The molecule has 0 atom stereocenters. The van der Waals surface area contributed by atoms with Gasteiger partial charge in [0.25, 0.3) is 0 Å². The van der Waals surface area contributed by atoms with Crippen LogP contribution >= 0.6 is 11.6 Å². The first-order valence-electron chi connectivity index (χ1n) is 6.69. The summed E-state index contributed by atoms with van der Waals surface area (Å²) >= 11 is 5.89. The summed E-state index contributed by atoms with van der Waals surface area (Å²) in [6.45, 7) is 2.58. The van der Waals surface area contributed by atoms with E-state index in [0.717, 1.165) is 30.4 Å². The maximum atomic E-state index is 5.89. The molecular formula is C16H20ClN3. The second-order valence-electron chi connectivity index (χ2n) is 4.99. The Balaban J connectivity index is 1.90. The Bertz CT molecular complexity index is 522. The summed E-state index contributed by atoms with van der Waals surface area (Å²) in [5.41, 5.74) is 3.54. The molecule has 0 saturated heterocycles. The smallest absolute Gasteiger partial charge is 0.0544 e. The van der Waals surface area contributed by atoms with Gasteiger partial charge < -0.3 is 5.32 Å². The SMILES string of the molecule is CNCc1ccc(CN(C)Cc2ccc(Cl)cc2)nc1. The van der Waals surface area contributed by atoms with Gasteiger partial charge in [0.05, 0.1) is 5.69 Å². The van der Waals surface area contributed by atoms with Crippen molar-refractivity contribution in [1.82, 2.24) is 15.2 Å². The molecule has 0 bridgehead atoms.